The average Bonchev–Trinajstić information content (AvgIpc) is 2.34. The molecule has 0 aliphatic rings. The fraction of sp³-hybridized carbons (Fsp3) is 0.333. The summed E-state index contributed by atoms with van der Waals surface area (Å²) in [6.07, 6.45) is 0. The van der Waals surface area contributed by atoms with Crippen LogP contribution in [-0.4, -0.2) is 14.2 Å². The molecule has 0 spiro atoms. The molecule has 1 atom stereocenters. The highest BCUT2D eigenvalue weighted by Gasteiger charge is 2.04. The molecule has 0 fully saturated rings. The molecule has 0 aromatic carbocycles. The van der Waals surface area contributed by atoms with E-state index in [0.29, 0.717) is 0 Å². The van der Waals surface area contributed by atoms with E-state index in [1.807, 2.05) is 16.8 Å². The number of ether oxygens (including phenoxy) is 1. The number of methoxy groups -OCH3 is 1. The lowest BCUT2D eigenvalue weighted by molar-refractivity contribution is 0.416. The minimum Gasteiger partial charge on any atom is -0.492 e. The van der Waals surface area contributed by atoms with Crippen LogP contribution < -0.4 is 8.92 Å². The van der Waals surface area contributed by atoms with Crippen molar-refractivity contribution in [1.82, 2.24) is 0 Å². The molecule has 1 unspecified atom stereocenters. The summed E-state index contributed by atoms with van der Waals surface area (Å²) in [5.74, 6) is 0.889. The topological polar surface area (TPSA) is 18.5 Å². The second-order valence-electron chi connectivity index (χ2n) is 1.52. The summed E-state index contributed by atoms with van der Waals surface area (Å²) in [5.41, 5.74) is 0. The lowest BCUT2D eigenvalue weighted by atomic mass is 10.6. The molecule has 0 amide bonds. The van der Waals surface area contributed by atoms with Crippen LogP contribution in [0.5, 0.6) is 5.75 Å². The predicted molar refractivity (Wildman–Crippen MR) is 38.0 cm³/mol. The van der Waals surface area contributed by atoms with E-state index in [0.717, 1.165) is 5.75 Å². The SMILES string of the molecule is COc1cc[s+](OC)c1. The highest BCUT2D eigenvalue weighted by molar-refractivity contribution is 7.23. The van der Waals surface area contributed by atoms with Gasteiger partial charge in [0.1, 0.15) is 10.8 Å². The van der Waals surface area contributed by atoms with Crippen LogP contribution in [0.15, 0.2) is 16.8 Å². The summed E-state index contributed by atoms with van der Waals surface area (Å²) < 4.78 is 9.97. The first-order valence-corrected chi connectivity index (χ1v) is 3.85. The van der Waals surface area contributed by atoms with Crippen molar-refractivity contribution < 1.29 is 8.92 Å². The largest absolute Gasteiger partial charge is 0.492 e. The van der Waals surface area contributed by atoms with Gasteiger partial charge in [-0.05, 0) is 0 Å². The third-order valence-electron chi connectivity index (χ3n) is 1.03. The van der Waals surface area contributed by atoms with Crippen molar-refractivity contribution in [2.75, 3.05) is 14.2 Å². The van der Waals surface area contributed by atoms with Crippen LogP contribution >= 0.6 is 10.8 Å². The molecule has 9 heavy (non-hydrogen) atoms. The standard InChI is InChI=1S/C6H9O2S/c1-7-6-3-4-9(5-6)8-2/h3-5H,1-2H3/q+1. The van der Waals surface area contributed by atoms with E-state index < -0.39 is 0 Å². The predicted octanol–water partition coefficient (Wildman–Crippen LogP) is 1.50. The fourth-order valence-corrected chi connectivity index (χ4v) is 1.50. The number of hydrogen-bond donors (Lipinski definition) is 0. The molecule has 1 aromatic heterocycles. The first-order valence-electron chi connectivity index (χ1n) is 2.57. The zero-order valence-corrected chi connectivity index (χ0v) is 6.27. The maximum absolute atomic E-state index is 5.03. The molecule has 0 radical (unpaired) electrons. The number of thiophene rings is 1. The Kier molecular flexibility index (Phi) is 2.08. The monoisotopic (exact) mass is 145 g/mol. The van der Waals surface area contributed by atoms with E-state index in [-0.39, 0.29) is 10.8 Å². The molecule has 0 aliphatic heterocycles. The van der Waals surface area contributed by atoms with Gasteiger partial charge in [-0.3, -0.25) is 0 Å². The molecule has 0 saturated carbocycles. The van der Waals surface area contributed by atoms with E-state index >= 15 is 0 Å². The van der Waals surface area contributed by atoms with Gasteiger partial charge >= 0.3 is 0 Å². The molecule has 0 N–H and O–H groups in total. The zero-order chi connectivity index (χ0) is 6.69. The van der Waals surface area contributed by atoms with Crippen LogP contribution in [-0.2, 0) is 0 Å². The van der Waals surface area contributed by atoms with Crippen molar-refractivity contribution in [3.8, 4) is 5.75 Å². The first-order chi connectivity index (χ1) is 4.36. The van der Waals surface area contributed by atoms with Crippen molar-refractivity contribution in [1.29, 1.82) is 0 Å². The minimum absolute atomic E-state index is 0.132. The molecule has 0 aliphatic carbocycles. The van der Waals surface area contributed by atoms with Gasteiger partial charge in [-0.25, -0.2) is 0 Å². The lowest BCUT2D eigenvalue weighted by Crippen LogP contribution is -1.77. The van der Waals surface area contributed by atoms with Crippen LogP contribution in [0, 0.1) is 0 Å². The van der Waals surface area contributed by atoms with Gasteiger partial charge in [0.15, 0.2) is 11.1 Å². The van der Waals surface area contributed by atoms with Crippen LogP contribution in [0.2, 0.25) is 0 Å². The Morgan fingerprint density at radius 1 is 1.44 bits per heavy atom. The number of rotatable bonds is 2. The Labute approximate surface area is 57.2 Å². The smallest absolute Gasteiger partial charge is 0.216 e. The lowest BCUT2D eigenvalue weighted by Gasteiger charge is -1.84. The van der Waals surface area contributed by atoms with Gasteiger partial charge in [0.2, 0.25) is 5.38 Å². The molecule has 3 heteroatoms. The summed E-state index contributed by atoms with van der Waals surface area (Å²) >= 11 is 0. The van der Waals surface area contributed by atoms with Gasteiger partial charge in [-0.15, -0.1) is 0 Å². The van der Waals surface area contributed by atoms with Crippen LogP contribution in [0.1, 0.15) is 0 Å². The van der Waals surface area contributed by atoms with E-state index in [1.54, 1.807) is 14.2 Å². The average molecular weight is 145 g/mol. The van der Waals surface area contributed by atoms with Crippen molar-refractivity contribution in [3.63, 3.8) is 0 Å². The second-order valence-corrected chi connectivity index (χ2v) is 3.02. The van der Waals surface area contributed by atoms with Crippen molar-refractivity contribution in [2.45, 2.75) is 0 Å². The van der Waals surface area contributed by atoms with Gasteiger partial charge in [0, 0.05) is 6.07 Å². The van der Waals surface area contributed by atoms with E-state index in [2.05, 4.69) is 0 Å². The summed E-state index contributed by atoms with van der Waals surface area (Å²) in [4.78, 5) is 0. The Hall–Kier alpha value is -0.540. The second kappa shape index (κ2) is 2.85. The third kappa shape index (κ3) is 1.43. The van der Waals surface area contributed by atoms with Gasteiger partial charge in [0.05, 0.1) is 14.2 Å². The minimum atomic E-state index is -0.132. The zero-order valence-electron chi connectivity index (χ0n) is 5.46. The molecule has 2 nitrogen and oxygen atoms in total. The van der Waals surface area contributed by atoms with E-state index in [4.69, 9.17) is 8.92 Å². The summed E-state index contributed by atoms with van der Waals surface area (Å²) in [6, 6.07) is 1.91. The Bertz CT molecular complexity index is 164. The number of hydrogen-bond acceptors (Lipinski definition) is 2. The van der Waals surface area contributed by atoms with Gasteiger partial charge in [-0.2, -0.15) is 4.18 Å². The van der Waals surface area contributed by atoms with Crippen LogP contribution in [0.3, 0.4) is 0 Å². The van der Waals surface area contributed by atoms with E-state index in [9.17, 15) is 0 Å². The molecule has 1 aromatic rings. The molecular weight excluding hydrogens is 136 g/mol. The van der Waals surface area contributed by atoms with Crippen molar-refractivity contribution >= 4 is 10.8 Å². The first kappa shape index (κ1) is 6.58. The summed E-state index contributed by atoms with van der Waals surface area (Å²) in [7, 11) is 3.20. The third-order valence-corrected chi connectivity index (χ3v) is 2.28. The fourth-order valence-electron chi connectivity index (χ4n) is 0.547. The van der Waals surface area contributed by atoms with Gasteiger partial charge in [0.25, 0.3) is 0 Å². The van der Waals surface area contributed by atoms with E-state index in [1.165, 1.54) is 0 Å². The highest BCUT2D eigenvalue weighted by Crippen LogP contribution is 2.22. The Morgan fingerprint density at radius 2 is 2.22 bits per heavy atom. The van der Waals surface area contributed by atoms with Gasteiger partial charge in [-0.1, -0.05) is 0 Å². The molecule has 0 bridgehead atoms. The van der Waals surface area contributed by atoms with Crippen LogP contribution in [0.4, 0.5) is 0 Å². The molecular formula is C6H9O2S+. The maximum atomic E-state index is 5.03. The van der Waals surface area contributed by atoms with Crippen LogP contribution in [0.25, 0.3) is 0 Å². The summed E-state index contributed by atoms with van der Waals surface area (Å²) in [6.45, 7) is 0. The van der Waals surface area contributed by atoms with Gasteiger partial charge < -0.3 is 4.74 Å². The molecule has 50 valence electrons. The molecule has 1 heterocycles. The Morgan fingerprint density at radius 3 is 2.56 bits per heavy atom. The highest BCUT2D eigenvalue weighted by atomic mass is 32.2. The maximum Gasteiger partial charge on any atom is 0.216 e. The molecule has 1 rings (SSSR count). The molecule has 0 saturated heterocycles. The van der Waals surface area contributed by atoms with Crippen molar-refractivity contribution in [3.05, 3.63) is 16.8 Å². The van der Waals surface area contributed by atoms with Crippen molar-refractivity contribution in [2.24, 2.45) is 0 Å². The quantitative estimate of drug-likeness (QED) is 0.587. The summed E-state index contributed by atoms with van der Waals surface area (Å²) in [5, 5.41) is 3.92. The Balaban J connectivity index is 2.74. The normalized spacial score (nSPS) is 11.6.